The van der Waals surface area contributed by atoms with Gasteiger partial charge >= 0.3 is 0 Å². The van der Waals surface area contributed by atoms with Gasteiger partial charge in [-0.1, -0.05) is 32.6 Å². The second-order valence-electron chi connectivity index (χ2n) is 3.73. The van der Waals surface area contributed by atoms with Crippen LogP contribution in [0.5, 0.6) is 0 Å². The Morgan fingerprint density at radius 2 is 1.92 bits per heavy atom. The third-order valence-electron chi connectivity index (χ3n) is 2.54. The molecule has 0 spiro atoms. The van der Waals surface area contributed by atoms with E-state index in [2.05, 4.69) is 6.92 Å². The number of unbranched alkanes of at least 4 members (excludes halogenated alkanes) is 3. The van der Waals surface area contributed by atoms with Crippen LogP contribution in [0.25, 0.3) is 0 Å². The number of rotatable bonds is 7. The second-order valence-corrected chi connectivity index (χ2v) is 3.73. The van der Waals surface area contributed by atoms with Crippen molar-refractivity contribution in [3.63, 3.8) is 0 Å². The van der Waals surface area contributed by atoms with Gasteiger partial charge in [0, 0.05) is 6.54 Å². The highest BCUT2D eigenvalue weighted by Gasteiger charge is 2.27. The average Bonchev–Trinajstić information content (AvgIpc) is 2.12. The van der Waals surface area contributed by atoms with Gasteiger partial charge in [0.05, 0.1) is 5.54 Å². The Hall–Kier alpha value is -0.410. The molecule has 0 aromatic carbocycles. The molecule has 0 aromatic heterocycles. The van der Waals surface area contributed by atoms with Gasteiger partial charge in [0.25, 0.3) is 0 Å². The third-order valence-corrected chi connectivity index (χ3v) is 2.54. The molecule has 0 rings (SSSR count). The maximum absolute atomic E-state index is 11.2. The van der Waals surface area contributed by atoms with Crippen LogP contribution < -0.4 is 11.5 Å². The van der Waals surface area contributed by atoms with Gasteiger partial charge < -0.3 is 11.5 Å². The highest BCUT2D eigenvalue weighted by Crippen LogP contribution is 2.13. The van der Waals surface area contributed by atoms with Crippen LogP contribution >= 0.6 is 0 Å². The molecular formula is C10H22N2O. The molecule has 3 nitrogen and oxygen atoms in total. The van der Waals surface area contributed by atoms with Crippen molar-refractivity contribution in [2.45, 2.75) is 51.5 Å². The van der Waals surface area contributed by atoms with E-state index < -0.39 is 5.54 Å². The molecule has 1 unspecified atom stereocenters. The minimum Gasteiger partial charge on any atom is -0.328 e. The van der Waals surface area contributed by atoms with E-state index in [-0.39, 0.29) is 12.3 Å². The number of carbonyl (C=O) groups is 1. The first kappa shape index (κ1) is 12.6. The Bertz CT molecular complexity index is 159. The van der Waals surface area contributed by atoms with Crippen molar-refractivity contribution < 1.29 is 4.79 Å². The molecule has 0 radical (unpaired) electrons. The van der Waals surface area contributed by atoms with Crippen molar-refractivity contribution in [2.75, 3.05) is 6.54 Å². The maximum atomic E-state index is 11.2. The molecule has 3 heteroatoms. The van der Waals surface area contributed by atoms with Crippen molar-refractivity contribution in [1.29, 1.82) is 0 Å². The molecule has 0 saturated heterocycles. The Morgan fingerprint density at radius 3 is 2.31 bits per heavy atom. The molecule has 78 valence electrons. The lowest BCUT2D eigenvalue weighted by atomic mass is 9.89. The van der Waals surface area contributed by atoms with Crippen LogP contribution in [0.15, 0.2) is 0 Å². The molecule has 1 atom stereocenters. The zero-order chi connectivity index (χ0) is 10.3. The first-order chi connectivity index (χ1) is 6.06. The van der Waals surface area contributed by atoms with Crippen molar-refractivity contribution in [1.82, 2.24) is 0 Å². The van der Waals surface area contributed by atoms with E-state index in [1.807, 2.05) is 0 Å². The average molecular weight is 186 g/mol. The fourth-order valence-corrected chi connectivity index (χ4v) is 1.29. The Balaban J connectivity index is 3.78. The summed E-state index contributed by atoms with van der Waals surface area (Å²) in [6.07, 6.45) is 5.27. The number of Topliss-reactive ketones (excluding diaryl/α,β-unsaturated/α-hetero) is 1. The van der Waals surface area contributed by atoms with Crippen LogP contribution in [0.1, 0.15) is 46.0 Å². The highest BCUT2D eigenvalue weighted by molar-refractivity contribution is 5.86. The molecule has 0 aliphatic heterocycles. The maximum Gasteiger partial charge on any atom is 0.150 e. The van der Waals surface area contributed by atoms with Gasteiger partial charge in [0.1, 0.15) is 0 Å². The Labute approximate surface area is 80.9 Å². The molecule has 4 N–H and O–H groups in total. The fraction of sp³-hybridized carbons (Fsp3) is 0.900. The van der Waals surface area contributed by atoms with Crippen molar-refractivity contribution in [3.05, 3.63) is 0 Å². The van der Waals surface area contributed by atoms with E-state index in [1.54, 1.807) is 0 Å². The lowest BCUT2D eigenvalue weighted by molar-refractivity contribution is -0.122. The first-order valence-corrected chi connectivity index (χ1v) is 5.07. The van der Waals surface area contributed by atoms with Gasteiger partial charge in [-0.25, -0.2) is 0 Å². The molecule has 0 fully saturated rings. The van der Waals surface area contributed by atoms with Crippen LogP contribution in [-0.4, -0.2) is 17.9 Å². The van der Waals surface area contributed by atoms with Gasteiger partial charge in [0.2, 0.25) is 0 Å². The summed E-state index contributed by atoms with van der Waals surface area (Å²) in [6, 6.07) is 0. The highest BCUT2D eigenvalue weighted by atomic mass is 16.1. The number of nitrogens with two attached hydrogens (primary N) is 2. The zero-order valence-corrected chi connectivity index (χ0v) is 8.81. The Morgan fingerprint density at radius 1 is 1.31 bits per heavy atom. The molecule has 0 heterocycles. The molecule has 0 aliphatic rings. The molecule has 0 amide bonds. The quantitative estimate of drug-likeness (QED) is 0.587. The summed E-state index contributed by atoms with van der Waals surface area (Å²) in [7, 11) is 0. The summed E-state index contributed by atoms with van der Waals surface area (Å²) in [5.41, 5.74) is 10.6. The zero-order valence-electron chi connectivity index (χ0n) is 8.81. The van der Waals surface area contributed by atoms with Crippen molar-refractivity contribution in [2.24, 2.45) is 11.5 Å². The van der Waals surface area contributed by atoms with Crippen molar-refractivity contribution in [3.8, 4) is 0 Å². The molecular weight excluding hydrogens is 164 g/mol. The summed E-state index contributed by atoms with van der Waals surface area (Å²) in [4.78, 5) is 11.2. The first-order valence-electron chi connectivity index (χ1n) is 5.07. The number of ketones is 1. The lowest BCUT2D eigenvalue weighted by Crippen LogP contribution is -2.52. The van der Waals surface area contributed by atoms with Gasteiger partial charge in [-0.2, -0.15) is 0 Å². The summed E-state index contributed by atoms with van der Waals surface area (Å²) in [5, 5.41) is 0. The summed E-state index contributed by atoms with van der Waals surface area (Å²) in [5.74, 6) is 0.00602. The summed E-state index contributed by atoms with van der Waals surface area (Å²) in [6.45, 7) is 3.94. The van der Waals surface area contributed by atoms with E-state index in [4.69, 9.17) is 11.5 Å². The molecule has 0 aromatic rings. The topological polar surface area (TPSA) is 69.1 Å². The number of carbonyl (C=O) groups excluding carboxylic acids is 1. The van der Waals surface area contributed by atoms with E-state index in [9.17, 15) is 4.79 Å². The number of hydrogen-bond donors (Lipinski definition) is 2. The minimum atomic E-state index is -0.770. The van der Waals surface area contributed by atoms with Crippen LogP contribution in [0, 0.1) is 0 Å². The van der Waals surface area contributed by atoms with Crippen molar-refractivity contribution >= 4 is 5.78 Å². The van der Waals surface area contributed by atoms with Gasteiger partial charge in [-0.3, -0.25) is 4.79 Å². The molecule has 13 heavy (non-hydrogen) atoms. The van der Waals surface area contributed by atoms with E-state index in [0.29, 0.717) is 0 Å². The molecule has 0 saturated carbocycles. The largest absolute Gasteiger partial charge is 0.328 e. The standard InChI is InChI=1S/C10H22N2O/c1-3-4-5-6-7-10(12,8-11)9(2)13/h3-8,11-12H2,1-2H3. The molecule has 0 bridgehead atoms. The van der Waals surface area contributed by atoms with Crippen LogP contribution in [0.3, 0.4) is 0 Å². The number of hydrogen-bond acceptors (Lipinski definition) is 3. The van der Waals surface area contributed by atoms with Gasteiger partial charge in [-0.15, -0.1) is 0 Å². The monoisotopic (exact) mass is 186 g/mol. The summed E-state index contributed by atoms with van der Waals surface area (Å²) >= 11 is 0. The van der Waals surface area contributed by atoms with E-state index in [1.165, 1.54) is 19.8 Å². The van der Waals surface area contributed by atoms with E-state index >= 15 is 0 Å². The SMILES string of the molecule is CCCCCCC(N)(CN)C(C)=O. The lowest BCUT2D eigenvalue weighted by Gasteiger charge is -2.24. The smallest absolute Gasteiger partial charge is 0.150 e. The normalized spacial score (nSPS) is 15.4. The van der Waals surface area contributed by atoms with Crippen LogP contribution in [0.4, 0.5) is 0 Å². The van der Waals surface area contributed by atoms with Gasteiger partial charge in [-0.05, 0) is 13.3 Å². The fourth-order valence-electron chi connectivity index (χ4n) is 1.29. The third kappa shape index (κ3) is 4.39. The van der Waals surface area contributed by atoms with Crippen LogP contribution in [-0.2, 0) is 4.79 Å². The van der Waals surface area contributed by atoms with E-state index in [0.717, 1.165) is 19.3 Å². The Kier molecular flexibility index (Phi) is 5.91. The van der Waals surface area contributed by atoms with Crippen LogP contribution in [0.2, 0.25) is 0 Å². The summed E-state index contributed by atoms with van der Waals surface area (Å²) < 4.78 is 0. The second kappa shape index (κ2) is 6.11. The predicted octanol–water partition coefficient (Wildman–Crippen LogP) is 1.20. The minimum absolute atomic E-state index is 0.00602. The molecule has 0 aliphatic carbocycles. The van der Waals surface area contributed by atoms with Gasteiger partial charge in [0.15, 0.2) is 5.78 Å². The predicted molar refractivity (Wildman–Crippen MR) is 55.4 cm³/mol.